The van der Waals surface area contributed by atoms with Crippen LogP contribution in [-0.2, 0) is 4.79 Å². The second-order valence-electron chi connectivity index (χ2n) is 4.12. The lowest BCUT2D eigenvalue weighted by Gasteiger charge is -2.05. The van der Waals surface area contributed by atoms with E-state index in [0.717, 1.165) is 11.3 Å². The first kappa shape index (κ1) is 14.3. The lowest BCUT2D eigenvalue weighted by Crippen LogP contribution is -2.16. The summed E-state index contributed by atoms with van der Waals surface area (Å²) in [6.07, 6.45) is 1.28. The summed E-state index contributed by atoms with van der Waals surface area (Å²) in [5.41, 5.74) is 3.05. The second-order valence-corrected chi connectivity index (χ2v) is 4.12. The van der Waals surface area contributed by atoms with Crippen LogP contribution >= 0.6 is 0 Å². The zero-order valence-corrected chi connectivity index (χ0v) is 11.2. The van der Waals surface area contributed by atoms with E-state index in [1.54, 1.807) is 12.1 Å². The molecule has 2 rings (SSSR count). The number of nitrogens with zero attached hydrogens (tertiary/aromatic N) is 2. The number of amides is 1. The number of carbonyl (C=O) groups excluding carboxylic acids is 1. The highest BCUT2D eigenvalue weighted by molar-refractivity contribution is 5.83. The Balaban J connectivity index is 1.99. The number of ether oxygens (including phenoxy) is 1. The highest BCUT2D eigenvalue weighted by atomic mass is 16.5. The monoisotopic (exact) mass is 279 g/mol. The van der Waals surface area contributed by atoms with Crippen molar-refractivity contribution >= 4 is 12.1 Å². The molecule has 0 saturated carbocycles. The number of carbonyl (C=O) groups is 1. The number of para-hydroxylation sites is 1. The Morgan fingerprint density at radius 1 is 1.19 bits per heavy atom. The van der Waals surface area contributed by atoms with Gasteiger partial charge in [-0.15, -0.1) is 0 Å². The SMILES string of the molecule is N#CCC(=O)N/N=C/c1cccc(Oc2ccccc2)c1. The van der Waals surface area contributed by atoms with Crippen LogP contribution in [0.3, 0.4) is 0 Å². The maximum Gasteiger partial charge on any atom is 0.254 e. The second kappa shape index (κ2) is 7.46. The van der Waals surface area contributed by atoms with Crippen LogP contribution in [-0.4, -0.2) is 12.1 Å². The van der Waals surface area contributed by atoms with Gasteiger partial charge in [-0.3, -0.25) is 4.79 Å². The molecule has 0 atom stereocenters. The van der Waals surface area contributed by atoms with E-state index in [9.17, 15) is 4.79 Å². The van der Waals surface area contributed by atoms with Crippen molar-refractivity contribution in [2.75, 3.05) is 0 Å². The summed E-state index contributed by atoms with van der Waals surface area (Å²) in [6.45, 7) is 0. The number of nitrogens with one attached hydrogen (secondary N) is 1. The third kappa shape index (κ3) is 4.80. The number of benzene rings is 2. The van der Waals surface area contributed by atoms with Gasteiger partial charge in [-0.25, -0.2) is 5.43 Å². The standard InChI is InChI=1S/C16H13N3O2/c17-10-9-16(20)19-18-12-13-5-4-8-15(11-13)21-14-6-2-1-3-7-14/h1-8,11-12H,9H2,(H,19,20)/b18-12+. The fourth-order valence-corrected chi connectivity index (χ4v) is 1.57. The smallest absolute Gasteiger partial charge is 0.254 e. The molecule has 0 spiro atoms. The molecule has 2 aromatic carbocycles. The molecule has 0 aliphatic carbocycles. The number of hydrogen-bond donors (Lipinski definition) is 1. The minimum absolute atomic E-state index is 0.214. The summed E-state index contributed by atoms with van der Waals surface area (Å²) in [5.74, 6) is 0.979. The van der Waals surface area contributed by atoms with Gasteiger partial charge in [-0.05, 0) is 29.8 Å². The van der Waals surface area contributed by atoms with E-state index in [4.69, 9.17) is 10.00 Å². The Morgan fingerprint density at radius 3 is 2.71 bits per heavy atom. The van der Waals surface area contributed by atoms with E-state index in [2.05, 4.69) is 10.5 Å². The predicted molar refractivity (Wildman–Crippen MR) is 78.9 cm³/mol. The largest absolute Gasteiger partial charge is 0.457 e. The number of hydrazone groups is 1. The van der Waals surface area contributed by atoms with Gasteiger partial charge in [0, 0.05) is 0 Å². The van der Waals surface area contributed by atoms with Crippen LogP contribution in [0, 0.1) is 11.3 Å². The van der Waals surface area contributed by atoms with E-state index in [1.165, 1.54) is 6.21 Å². The molecule has 1 N–H and O–H groups in total. The highest BCUT2D eigenvalue weighted by Crippen LogP contribution is 2.21. The van der Waals surface area contributed by atoms with Crippen molar-refractivity contribution in [3.8, 4) is 17.6 Å². The van der Waals surface area contributed by atoms with Crippen LogP contribution in [0.5, 0.6) is 11.5 Å². The molecule has 0 aromatic heterocycles. The molecule has 5 nitrogen and oxygen atoms in total. The van der Waals surface area contributed by atoms with Gasteiger partial charge in [0.2, 0.25) is 0 Å². The van der Waals surface area contributed by atoms with Crippen molar-refractivity contribution in [3.63, 3.8) is 0 Å². The first-order valence-corrected chi connectivity index (χ1v) is 6.30. The summed E-state index contributed by atoms with van der Waals surface area (Å²) < 4.78 is 5.69. The normalized spacial score (nSPS) is 10.0. The third-order valence-corrected chi connectivity index (χ3v) is 2.48. The molecule has 0 fully saturated rings. The number of nitriles is 1. The van der Waals surface area contributed by atoms with Crippen molar-refractivity contribution in [1.82, 2.24) is 5.43 Å². The summed E-state index contributed by atoms with van der Waals surface area (Å²) >= 11 is 0. The van der Waals surface area contributed by atoms with Crippen molar-refractivity contribution < 1.29 is 9.53 Å². The zero-order chi connectivity index (χ0) is 14.9. The Bertz CT molecular complexity index is 675. The van der Waals surface area contributed by atoms with Crippen LogP contribution in [0.15, 0.2) is 59.7 Å². The van der Waals surface area contributed by atoms with Gasteiger partial charge >= 0.3 is 0 Å². The molecule has 0 saturated heterocycles. The van der Waals surface area contributed by atoms with Gasteiger partial charge in [0.1, 0.15) is 17.9 Å². The van der Waals surface area contributed by atoms with Gasteiger partial charge in [0.15, 0.2) is 0 Å². The molecule has 0 unspecified atom stereocenters. The lowest BCUT2D eigenvalue weighted by molar-refractivity contribution is -0.120. The lowest BCUT2D eigenvalue weighted by atomic mass is 10.2. The zero-order valence-electron chi connectivity index (χ0n) is 11.2. The summed E-state index contributed by atoms with van der Waals surface area (Å²) in [5, 5.41) is 12.1. The van der Waals surface area contributed by atoms with Crippen molar-refractivity contribution in [1.29, 1.82) is 5.26 Å². The Morgan fingerprint density at radius 2 is 1.95 bits per heavy atom. The van der Waals surface area contributed by atoms with E-state index < -0.39 is 5.91 Å². The third-order valence-electron chi connectivity index (χ3n) is 2.48. The molecule has 0 aliphatic rings. The summed E-state index contributed by atoms with van der Waals surface area (Å²) in [7, 11) is 0. The van der Waals surface area contributed by atoms with Crippen LogP contribution in [0.2, 0.25) is 0 Å². The van der Waals surface area contributed by atoms with Crippen LogP contribution in [0.25, 0.3) is 0 Å². The maximum absolute atomic E-state index is 11.1. The molecule has 2 aromatic rings. The topological polar surface area (TPSA) is 74.5 Å². The molecular formula is C16H13N3O2. The Hall–Kier alpha value is -3.13. The van der Waals surface area contributed by atoms with E-state index >= 15 is 0 Å². The molecule has 21 heavy (non-hydrogen) atoms. The quantitative estimate of drug-likeness (QED) is 0.675. The number of rotatable bonds is 5. The molecule has 104 valence electrons. The highest BCUT2D eigenvalue weighted by Gasteiger charge is 1.98. The van der Waals surface area contributed by atoms with E-state index in [-0.39, 0.29) is 6.42 Å². The molecule has 0 radical (unpaired) electrons. The van der Waals surface area contributed by atoms with E-state index in [0.29, 0.717) is 5.75 Å². The fraction of sp³-hybridized carbons (Fsp3) is 0.0625. The minimum atomic E-state index is -0.439. The van der Waals surface area contributed by atoms with Crippen molar-refractivity contribution in [3.05, 3.63) is 60.2 Å². The molecule has 0 aliphatic heterocycles. The van der Waals surface area contributed by atoms with Gasteiger partial charge in [-0.2, -0.15) is 10.4 Å². The first-order valence-electron chi connectivity index (χ1n) is 6.30. The predicted octanol–water partition coefficient (Wildman–Crippen LogP) is 2.84. The van der Waals surface area contributed by atoms with E-state index in [1.807, 2.05) is 48.5 Å². The molecular weight excluding hydrogens is 266 g/mol. The number of hydrogen-bond acceptors (Lipinski definition) is 4. The van der Waals surface area contributed by atoms with Crippen molar-refractivity contribution in [2.45, 2.75) is 6.42 Å². The molecule has 1 amide bonds. The molecule has 5 heteroatoms. The summed E-state index contributed by atoms with van der Waals surface area (Å²) in [6, 6.07) is 18.5. The fourth-order valence-electron chi connectivity index (χ4n) is 1.57. The molecule has 0 bridgehead atoms. The van der Waals surface area contributed by atoms with Gasteiger partial charge < -0.3 is 4.74 Å². The van der Waals surface area contributed by atoms with Gasteiger partial charge in [0.05, 0.1) is 12.3 Å². The average molecular weight is 279 g/mol. The maximum atomic E-state index is 11.1. The van der Waals surface area contributed by atoms with Crippen LogP contribution < -0.4 is 10.2 Å². The minimum Gasteiger partial charge on any atom is -0.457 e. The average Bonchev–Trinajstić information content (AvgIpc) is 2.49. The Kier molecular flexibility index (Phi) is 5.07. The van der Waals surface area contributed by atoms with Gasteiger partial charge in [0.25, 0.3) is 5.91 Å². The van der Waals surface area contributed by atoms with Crippen LogP contribution in [0.1, 0.15) is 12.0 Å². The van der Waals surface area contributed by atoms with Crippen molar-refractivity contribution in [2.24, 2.45) is 5.10 Å². The first-order chi connectivity index (χ1) is 10.3. The van der Waals surface area contributed by atoms with Gasteiger partial charge in [-0.1, -0.05) is 30.3 Å². The Labute approximate surface area is 122 Å². The van der Waals surface area contributed by atoms with Crippen LogP contribution in [0.4, 0.5) is 0 Å². The molecule has 0 heterocycles. The summed E-state index contributed by atoms with van der Waals surface area (Å²) in [4.78, 5) is 11.1.